The molecule has 0 saturated heterocycles. The van der Waals surface area contributed by atoms with E-state index >= 15 is 0 Å². The standard InChI is InChI=1S/C22H27NO3/c1-14-9-10-17-18(12-22(4,5)26-20(17)11-14)23-21(24)13-25-19-8-6-7-15(2)16(19)3/h6-11,18H,12-13H2,1-5H3,(H,23,24)/t18-/m1/s1. The van der Waals surface area contributed by atoms with Crippen LogP contribution in [0.1, 0.15) is 48.6 Å². The molecule has 1 heterocycles. The number of hydrogen-bond donors (Lipinski definition) is 1. The van der Waals surface area contributed by atoms with E-state index in [-0.39, 0.29) is 24.2 Å². The Bertz CT molecular complexity index is 826. The van der Waals surface area contributed by atoms with E-state index in [1.54, 1.807) is 0 Å². The molecular formula is C22H27NO3. The normalized spacial score (nSPS) is 17.8. The quantitative estimate of drug-likeness (QED) is 0.886. The molecule has 0 radical (unpaired) electrons. The average Bonchev–Trinajstić information content (AvgIpc) is 2.54. The molecular weight excluding hydrogens is 326 g/mol. The van der Waals surface area contributed by atoms with Crippen molar-refractivity contribution in [2.45, 2.75) is 52.7 Å². The van der Waals surface area contributed by atoms with E-state index < -0.39 is 0 Å². The van der Waals surface area contributed by atoms with Gasteiger partial charge in [-0.1, -0.05) is 24.3 Å². The predicted molar refractivity (Wildman–Crippen MR) is 103 cm³/mol. The van der Waals surface area contributed by atoms with Gasteiger partial charge in [0.05, 0.1) is 6.04 Å². The van der Waals surface area contributed by atoms with Crippen LogP contribution in [0.4, 0.5) is 0 Å². The third-order valence-corrected chi connectivity index (χ3v) is 4.88. The Morgan fingerprint density at radius 2 is 2.00 bits per heavy atom. The van der Waals surface area contributed by atoms with Gasteiger partial charge in [-0.25, -0.2) is 0 Å². The fourth-order valence-electron chi connectivity index (χ4n) is 3.35. The SMILES string of the molecule is Cc1ccc2c(c1)OC(C)(C)C[C@H]2NC(=O)COc1cccc(C)c1C. The lowest BCUT2D eigenvalue weighted by molar-refractivity contribution is -0.124. The number of hydrogen-bond acceptors (Lipinski definition) is 3. The third-order valence-electron chi connectivity index (χ3n) is 4.88. The third kappa shape index (κ3) is 4.01. The van der Waals surface area contributed by atoms with Crippen LogP contribution in [-0.4, -0.2) is 18.1 Å². The van der Waals surface area contributed by atoms with E-state index in [1.165, 1.54) is 0 Å². The van der Waals surface area contributed by atoms with Gasteiger partial charge in [-0.15, -0.1) is 0 Å². The molecule has 0 unspecified atom stereocenters. The maximum Gasteiger partial charge on any atom is 0.258 e. The number of carbonyl (C=O) groups excluding carboxylic acids is 1. The van der Waals surface area contributed by atoms with Crippen LogP contribution in [0.3, 0.4) is 0 Å². The van der Waals surface area contributed by atoms with Crippen molar-refractivity contribution < 1.29 is 14.3 Å². The first-order chi connectivity index (χ1) is 12.2. The first-order valence-electron chi connectivity index (χ1n) is 9.03. The molecule has 0 fully saturated rings. The molecule has 0 aliphatic carbocycles. The van der Waals surface area contributed by atoms with Crippen LogP contribution in [0.25, 0.3) is 0 Å². The van der Waals surface area contributed by atoms with Gasteiger partial charge in [-0.2, -0.15) is 0 Å². The summed E-state index contributed by atoms with van der Waals surface area (Å²) in [4.78, 5) is 12.5. The van der Waals surface area contributed by atoms with Crippen molar-refractivity contribution in [2.24, 2.45) is 0 Å². The van der Waals surface area contributed by atoms with Crippen molar-refractivity contribution in [1.82, 2.24) is 5.32 Å². The highest BCUT2D eigenvalue weighted by Gasteiger charge is 2.34. The van der Waals surface area contributed by atoms with E-state index in [9.17, 15) is 4.79 Å². The minimum atomic E-state index is -0.327. The predicted octanol–water partition coefficient (Wildman–Crippen LogP) is 4.41. The number of benzene rings is 2. The van der Waals surface area contributed by atoms with Crippen molar-refractivity contribution in [3.8, 4) is 11.5 Å². The van der Waals surface area contributed by atoms with Crippen LogP contribution >= 0.6 is 0 Å². The molecule has 0 saturated carbocycles. The smallest absolute Gasteiger partial charge is 0.258 e. The van der Waals surface area contributed by atoms with Gasteiger partial charge in [0.2, 0.25) is 0 Å². The molecule has 1 aliphatic heterocycles. The first-order valence-corrected chi connectivity index (χ1v) is 9.03. The lowest BCUT2D eigenvalue weighted by atomic mass is 9.89. The molecule has 138 valence electrons. The fraction of sp³-hybridized carbons (Fsp3) is 0.409. The van der Waals surface area contributed by atoms with Crippen LogP contribution < -0.4 is 14.8 Å². The van der Waals surface area contributed by atoms with Crippen LogP contribution in [0, 0.1) is 20.8 Å². The topological polar surface area (TPSA) is 47.6 Å². The minimum absolute atomic E-state index is 0.00325. The van der Waals surface area contributed by atoms with E-state index in [0.717, 1.165) is 40.2 Å². The Kier molecular flexibility index (Phi) is 4.94. The van der Waals surface area contributed by atoms with Gasteiger partial charge in [0.1, 0.15) is 17.1 Å². The highest BCUT2D eigenvalue weighted by Crippen LogP contribution is 2.39. The van der Waals surface area contributed by atoms with Crippen molar-refractivity contribution in [3.63, 3.8) is 0 Å². The lowest BCUT2D eigenvalue weighted by Crippen LogP contribution is -2.42. The Morgan fingerprint density at radius 3 is 2.77 bits per heavy atom. The summed E-state index contributed by atoms with van der Waals surface area (Å²) in [6.07, 6.45) is 0.721. The summed E-state index contributed by atoms with van der Waals surface area (Å²) < 4.78 is 11.8. The Hall–Kier alpha value is -2.49. The van der Waals surface area contributed by atoms with E-state index in [2.05, 4.69) is 5.32 Å². The molecule has 1 atom stereocenters. The molecule has 2 aromatic rings. The number of rotatable bonds is 4. The number of aryl methyl sites for hydroxylation is 2. The van der Waals surface area contributed by atoms with Gasteiger partial charge in [-0.05, 0) is 63.4 Å². The molecule has 3 rings (SSSR count). The molecule has 2 aromatic carbocycles. The Morgan fingerprint density at radius 1 is 1.23 bits per heavy atom. The maximum atomic E-state index is 12.5. The van der Waals surface area contributed by atoms with Gasteiger partial charge < -0.3 is 14.8 Å². The van der Waals surface area contributed by atoms with Gasteiger partial charge in [0, 0.05) is 12.0 Å². The molecule has 1 N–H and O–H groups in total. The summed E-state index contributed by atoms with van der Waals surface area (Å²) in [7, 11) is 0. The number of carbonyl (C=O) groups is 1. The van der Waals surface area contributed by atoms with Gasteiger partial charge in [0.15, 0.2) is 6.61 Å². The average molecular weight is 353 g/mol. The summed E-state index contributed by atoms with van der Waals surface area (Å²) in [6, 6.07) is 11.9. The van der Waals surface area contributed by atoms with Crippen LogP contribution in [-0.2, 0) is 4.79 Å². The highest BCUT2D eigenvalue weighted by atomic mass is 16.5. The largest absolute Gasteiger partial charge is 0.487 e. The van der Waals surface area contributed by atoms with Crippen LogP contribution in [0.5, 0.6) is 11.5 Å². The number of fused-ring (bicyclic) bond motifs is 1. The van der Waals surface area contributed by atoms with Gasteiger partial charge in [0.25, 0.3) is 5.91 Å². The summed E-state index contributed by atoms with van der Waals surface area (Å²) in [5.74, 6) is 1.48. The highest BCUT2D eigenvalue weighted by molar-refractivity contribution is 5.78. The second kappa shape index (κ2) is 7.02. The number of amides is 1. The number of ether oxygens (including phenoxy) is 2. The molecule has 0 bridgehead atoms. The van der Waals surface area contributed by atoms with E-state index in [0.29, 0.717) is 0 Å². The van der Waals surface area contributed by atoms with Crippen LogP contribution in [0.15, 0.2) is 36.4 Å². The lowest BCUT2D eigenvalue weighted by Gasteiger charge is -2.38. The fourth-order valence-corrected chi connectivity index (χ4v) is 3.35. The molecule has 4 heteroatoms. The first kappa shape index (κ1) is 18.3. The minimum Gasteiger partial charge on any atom is -0.487 e. The zero-order valence-corrected chi connectivity index (χ0v) is 16.2. The molecule has 26 heavy (non-hydrogen) atoms. The van der Waals surface area contributed by atoms with Gasteiger partial charge >= 0.3 is 0 Å². The summed E-state index contributed by atoms with van der Waals surface area (Å²) >= 11 is 0. The molecule has 0 aromatic heterocycles. The zero-order valence-electron chi connectivity index (χ0n) is 16.2. The summed E-state index contributed by atoms with van der Waals surface area (Å²) in [5, 5.41) is 3.11. The monoisotopic (exact) mass is 353 g/mol. The number of nitrogens with one attached hydrogen (secondary N) is 1. The van der Waals surface area contributed by atoms with Crippen molar-refractivity contribution in [1.29, 1.82) is 0 Å². The molecule has 1 amide bonds. The second-order valence-electron chi connectivity index (χ2n) is 7.71. The van der Waals surface area contributed by atoms with Crippen molar-refractivity contribution in [3.05, 3.63) is 58.7 Å². The second-order valence-corrected chi connectivity index (χ2v) is 7.71. The van der Waals surface area contributed by atoms with Crippen molar-refractivity contribution in [2.75, 3.05) is 6.61 Å². The van der Waals surface area contributed by atoms with Crippen molar-refractivity contribution >= 4 is 5.91 Å². The van der Waals surface area contributed by atoms with E-state index in [4.69, 9.17) is 9.47 Å². The summed E-state index contributed by atoms with van der Waals surface area (Å²) in [5.41, 5.74) is 4.05. The molecule has 4 nitrogen and oxygen atoms in total. The van der Waals surface area contributed by atoms with Crippen LogP contribution in [0.2, 0.25) is 0 Å². The summed E-state index contributed by atoms with van der Waals surface area (Å²) in [6.45, 7) is 10.2. The molecule has 1 aliphatic rings. The Labute approximate surface area is 155 Å². The van der Waals surface area contributed by atoms with E-state index in [1.807, 2.05) is 71.0 Å². The zero-order chi connectivity index (χ0) is 18.9. The maximum absolute atomic E-state index is 12.5. The molecule has 0 spiro atoms. The van der Waals surface area contributed by atoms with Gasteiger partial charge in [-0.3, -0.25) is 4.79 Å². The Balaban J connectivity index is 1.70.